The number of hydrogen-bond acceptors (Lipinski definition) is 3. The second kappa shape index (κ2) is 4.64. The Morgan fingerprint density at radius 3 is 2.07 bits per heavy atom. The first kappa shape index (κ1) is 12.0. The fraction of sp³-hybridized carbons (Fsp3) is 0.500. The lowest BCUT2D eigenvalue weighted by atomic mass is 9.93. The Kier molecular flexibility index (Phi) is 3.72. The fourth-order valence-electron chi connectivity index (χ4n) is 1.82. The zero-order valence-corrected chi connectivity index (χ0v) is 9.74. The molecule has 84 valence electrons. The van der Waals surface area contributed by atoms with E-state index in [1.54, 1.807) is 14.0 Å². The number of aryl methyl sites for hydroxylation is 2. The molecule has 3 nitrogen and oxygen atoms in total. The SMILES string of the molecule is COc1cc(C)c(C(N)C(C)O)c(C)c1. The van der Waals surface area contributed by atoms with Gasteiger partial charge in [-0.25, -0.2) is 0 Å². The van der Waals surface area contributed by atoms with Crippen molar-refractivity contribution in [3.8, 4) is 5.75 Å². The molecule has 0 fully saturated rings. The Bertz CT molecular complexity index is 324. The molecule has 0 bridgehead atoms. The fourth-order valence-corrected chi connectivity index (χ4v) is 1.82. The van der Waals surface area contributed by atoms with E-state index in [2.05, 4.69) is 0 Å². The second-order valence-electron chi connectivity index (χ2n) is 3.94. The van der Waals surface area contributed by atoms with Crippen molar-refractivity contribution < 1.29 is 9.84 Å². The van der Waals surface area contributed by atoms with Gasteiger partial charge < -0.3 is 15.6 Å². The van der Waals surface area contributed by atoms with Crippen LogP contribution < -0.4 is 10.5 Å². The van der Waals surface area contributed by atoms with Crippen molar-refractivity contribution in [2.24, 2.45) is 5.73 Å². The van der Waals surface area contributed by atoms with Gasteiger partial charge >= 0.3 is 0 Å². The van der Waals surface area contributed by atoms with Crippen LogP contribution in [-0.2, 0) is 0 Å². The normalized spacial score (nSPS) is 14.8. The predicted molar refractivity (Wildman–Crippen MR) is 61.1 cm³/mol. The molecule has 0 aliphatic heterocycles. The lowest BCUT2D eigenvalue weighted by molar-refractivity contribution is 0.163. The summed E-state index contributed by atoms with van der Waals surface area (Å²) in [5.74, 6) is 0.826. The van der Waals surface area contributed by atoms with E-state index in [0.29, 0.717) is 0 Å². The van der Waals surface area contributed by atoms with E-state index >= 15 is 0 Å². The molecule has 0 spiro atoms. The summed E-state index contributed by atoms with van der Waals surface area (Å²) >= 11 is 0. The molecule has 0 heterocycles. The van der Waals surface area contributed by atoms with Crippen LogP contribution in [0.25, 0.3) is 0 Å². The number of aliphatic hydroxyl groups is 1. The average molecular weight is 209 g/mol. The molecule has 1 aromatic rings. The number of methoxy groups -OCH3 is 1. The van der Waals surface area contributed by atoms with Crippen molar-refractivity contribution in [1.29, 1.82) is 0 Å². The summed E-state index contributed by atoms with van der Waals surface area (Å²) in [7, 11) is 1.64. The van der Waals surface area contributed by atoms with Crippen molar-refractivity contribution in [1.82, 2.24) is 0 Å². The molecule has 0 aliphatic rings. The molecular formula is C12H19NO2. The summed E-state index contributed by atoms with van der Waals surface area (Å²) in [5, 5.41) is 9.49. The lowest BCUT2D eigenvalue weighted by Gasteiger charge is -2.20. The van der Waals surface area contributed by atoms with Crippen LogP contribution in [0.4, 0.5) is 0 Å². The maximum absolute atomic E-state index is 9.49. The van der Waals surface area contributed by atoms with Crippen molar-refractivity contribution in [3.63, 3.8) is 0 Å². The van der Waals surface area contributed by atoms with Gasteiger partial charge in [-0.1, -0.05) is 0 Å². The van der Waals surface area contributed by atoms with Crippen LogP contribution in [0.15, 0.2) is 12.1 Å². The molecule has 3 N–H and O–H groups in total. The maximum atomic E-state index is 9.49. The molecule has 1 rings (SSSR count). The van der Waals surface area contributed by atoms with Gasteiger partial charge in [-0.15, -0.1) is 0 Å². The van der Waals surface area contributed by atoms with E-state index < -0.39 is 6.10 Å². The van der Waals surface area contributed by atoms with E-state index in [9.17, 15) is 5.11 Å². The first-order valence-electron chi connectivity index (χ1n) is 5.06. The average Bonchev–Trinajstić information content (AvgIpc) is 2.16. The van der Waals surface area contributed by atoms with Gasteiger partial charge in [0, 0.05) is 0 Å². The number of benzene rings is 1. The number of ether oxygens (including phenoxy) is 1. The van der Waals surface area contributed by atoms with Crippen LogP contribution in [-0.4, -0.2) is 18.3 Å². The van der Waals surface area contributed by atoms with Crippen LogP contribution >= 0.6 is 0 Å². The molecule has 3 heteroatoms. The Morgan fingerprint density at radius 2 is 1.73 bits per heavy atom. The summed E-state index contributed by atoms with van der Waals surface area (Å²) in [6.07, 6.45) is -0.546. The summed E-state index contributed by atoms with van der Waals surface area (Å²) in [4.78, 5) is 0. The molecule has 0 aliphatic carbocycles. The third-order valence-corrected chi connectivity index (χ3v) is 2.66. The van der Waals surface area contributed by atoms with Crippen molar-refractivity contribution in [2.75, 3.05) is 7.11 Å². The van der Waals surface area contributed by atoms with Gasteiger partial charge in [-0.05, 0) is 49.6 Å². The van der Waals surface area contributed by atoms with E-state index in [1.165, 1.54) is 0 Å². The van der Waals surface area contributed by atoms with Crippen molar-refractivity contribution >= 4 is 0 Å². The third kappa shape index (κ3) is 2.49. The van der Waals surface area contributed by atoms with Gasteiger partial charge in [0.2, 0.25) is 0 Å². The highest BCUT2D eigenvalue weighted by molar-refractivity contribution is 5.43. The third-order valence-electron chi connectivity index (χ3n) is 2.66. The van der Waals surface area contributed by atoms with E-state index in [-0.39, 0.29) is 6.04 Å². The van der Waals surface area contributed by atoms with Gasteiger partial charge in [0.1, 0.15) is 5.75 Å². The van der Waals surface area contributed by atoms with Crippen LogP contribution in [0.1, 0.15) is 29.7 Å². The Balaban J connectivity index is 3.19. The quantitative estimate of drug-likeness (QED) is 0.796. The van der Waals surface area contributed by atoms with Gasteiger partial charge in [0.25, 0.3) is 0 Å². The molecule has 0 aromatic heterocycles. The molecule has 0 saturated heterocycles. The van der Waals surface area contributed by atoms with E-state index in [1.807, 2.05) is 26.0 Å². The Hall–Kier alpha value is -1.06. The molecule has 0 saturated carbocycles. The summed E-state index contributed by atoms with van der Waals surface area (Å²) in [5.41, 5.74) is 9.06. The summed E-state index contributed by atoms with van der Waals surface area (Å²) < 4.78 is 5.17. The molecule has 0 amide bonds. The molecule has 0 radical (unpaired) electrons. The summed E-state index contributed by atoms with van der Waals surface area (Å²) in [6, 6.07) is 3.53. The highest BCUT2D eigenvalue weighted by atomic mass is 16.5. The van der Waals surface area contributed by atoms with Crippen molar-refractivity contribution in [3.05, 3.63) is 28.8 Å². The summed E-state index contributed by atoms with van der Waals surface area (Å²) in [6.45, 7) is 5.66. The number of hydrogen-bond donors (Lipinski definition) is 2. The van der Waals surface area contributed by atoms with Crippen LogP contribution in [0, 0.1) is 13.8 Å². The molecule has 1 aromatic carbocycles. The number of aliphatic hydroxyl groups excluding tert-OH is 1. The first-order chi connectivity index (χ1) is 6.97. The number of rotatable bonds is 3. The minimum Gasteiger partial charge on any atom is -0.497 e. The van der Waals surface area contributed by atoms with Crippen LogP contribution in [0.3, 0.4) is 0 Å². The predicted octanol–water partition coefficient (Wildman–Crippen LogP) is 1.69. The monoisotopic (exact) mass is 209 g/mol. The minimum absolute atomic E-state index is 0.337. The molecule has 15 heavy (non-hydrogen) atoms. The zero-order chi connectivity index (χ0) is 11.6. The Labute approximate surface area is 90.9 Å². The molecular weight excluding hydrogens is 190 g/mol. The van der Waals surface area contributed by atoms with Gasteiger partial charge in [-0.2, -0.15) is 0 Å². The highest BCUT2D eigenvalue weighted by Gasteiger charge is 2.17. The highest BCUT2D eigenvalue weighted by Crippen LogP contribution is 2.27. The number of nitrogens with two attached hydrogens (primary N) is 1. The largest absolute Gasteiger partial charge is 0.497 e. The molecule has 2 unspecified atom stereocenters. The van der Waals surface area contributed by atoms with E-state index in [4.69, 9.17) is 10.5 Å². The van der Waals surface area contributed by atoms with Crippen molar-refractivity contribution in [2.45, 2.75) is 32.9 Å². The zero-order valence-electron chi connectivity index (χ0n) is 9.74. The standard InChI is InChI=1S/C12H19NO2/c1-7-5-10(15-4)6-8(2)11(7)12(13)9(3)14/h5-6,9,12,14H,13H2,1-4H3. The molecule has 2 atom stereocenters. The smallest absolute Gasteiger partial charge is 0.119 e. The maximum Gasteiger partial charge on any atom is 0.119 e. The topological polar surface area (TPSA) is 55.5 Å². The van der Waals surface area contributed by atoms with E-state index in [0.717, 1.165) is 22.4 Å². The lowest BCUT2D eigenvalue weighted by Crippen LogP contribution is -2.25. The first-order valence-corrected chi connectivity index (χ1v) is 5.06. The van der Waals surface area contributed by atoms with Crippen LogP contribution in [0.2, 0.25) is 0 Å². The van der Waals surface area contributed by atoms with Gasteiger partial charge in [0.15, 0.2) is 0 Å². The second-order valence-corrected chi connectivity index (χ2v) is 3.94. The van der Waals surface area contributed by atoms with Crippen LogP contribution in [0.5, 0.6) is 5.75 Å². The minimum atomic E-state index is -0.546. The Morgan fingerprint density at radius 1 is 1.27 bits per heavy atom. The van der Waals surface area contributed by atoms with Gasteiger partial charge in [0.05, 0.1) is 19.3 Å². The van der Waals surface area contributed by atoms with Gasteiger partial charge in [-0.3, -0.25) is 0 Å².